The van der Waals surface area contributed by atoms with Crippen LogP contribution in [0, 0.1) is 10.1 Å². The molecular formula is C41H53NO7. The van der Waals surface area contributed by atoms with Gasteiger partial charge in [-0.1, -0.05) is 116 Å². The molecule has 3 rings (SSSR count). The molecule has 0 saturated carbocycles. The Balaban J connectivity index is 1.42. The quantitative estimate of drug-likeness (QED) is 0.0168. The van der Waals surface area contributed by atoms with Crippen molar-refractivity contribution in [3.63, 3.8) is 0 Å². The number of nitro benzene ring substituents is 1. The molecule has 0 amide bonds. The number of unbranched alkanes of at least 4 members (excludes halogenated alkanes) is 13. The molecule has 264 valence electrons. The number of allylic oxidation sites excluding steroid dienone is 1. The largest absolute Gasteiger partial charge is 0.494 e. The summed E-state index contributed by atoms with van der Waals surface area (Å²) in [6, 6.07) is 17.7. The second-order valence-electron chi connectivity index (χ2n) is 12.4. The van der Waals surface area contributed by atoms with Crippen molar-refractivity contribution in [1.82, 2.24) is 0 Å². The maximum absolute atomic E-state index is 12.8. The molecule has 0 aliphatic carbocycles. The van der Waals surface area contributed by atoms with Gasteiger partial charge in [0, 0.05) is 11.6 Å². The predicted molar refractivity (Wildman–Crippen MR) is 196 cm³/mol. The third-order valence-corrected chi connectivity index (χ3v) is 8.32. The highest BCUT2D eigenvalue weighted by molar-refractivity contribution is 6.07. The lowest BCUT2D eigenvalue weighted by Gasteiger charge is -2.08. The van der Waals surface area contributed by atoms with Crippen molar-refractivity contribution in [2.75, 3.05) is 13.2 Å². The summed E-state index contributed by atoms with van der Waals surface area (Å²) >= 11 is 0. The molecule has 0 radical (unpaired) electrons. The molecule has 3 aromatic rings. The third kappa shape index (κ3) is 15.1. The smallest absolute Gasteiger partial charge is 0.343 e. The summed E-state index contributed by atoms with van der Waals surface area (Å²) in [6.07, 6.45) is 21.6. The summed E-state index contributed by atoms with van der Waals surface area (Å²) in [7, 11) is 0. The van der Waals surface area contributed by atoms with Crippen LogP contribution >= 0.6 is 0 Å². The average Bonchev–Trinajstić information content (AvgIpc) is 3.11. The van der Waals surface area contributed by atoms with Crippen molar-refractivity contribution in [2.24, 2.45) is 0 Å². The zero-order valence-corrected chi connectivity index (χ0v) is 29.3. The first-order chi connectivity index (χ1) is 23.9. The van der Waals surface area contributed by atoms with Crippen molar-refractivity contribution >= 4 is 23.5 Å². The van der Waals surface area contributed by atoms with Gasteiger partial charge in [0.05, 0.1) is 23.7 Å². The van der Waals surface area contributed by atoms with Gasteiger partial charge in [-0.2, -0.15) is 0 Å². The van der Waals surface area contributed by atoms with Crippen LogP contribution in [0.3, 0.4) is 0 Å². The summed E-state index contributed by atoms with van der Waals surface area (Å²) in [5.74, 6) is 0.00697. The molecular weight excluding hydrogens is 618 g/mol. The lowest BCUT2D eigenvalue weighted by atomic mass is 10.1. The summed E-state index contributed by atoms with van der Waals surface area (Å²) in [4.78, 5) is 36.7. The van der Waals surface area contributed by atoms with E-state index in [1.165, 1.54) is 82.4 Å². The standard InChI is InChI=1S/C41H53NO7/c1-3-5-7-8-9-10-11-12-13-14-15-17-31-48-37-26-21-34(22-27-37)41(44)49-40-29-23-35(32-38(40)42(45)46)39(43)28-20-33-18-24-36(25-19-33)47-30-16-6-4-2/h18-29,32H,3-17,30-31H2,1-2H3/b28-20+. The zero-order valence-electron chi connectivity index (χ0n) is 29.3. The normalized spacial score (nSPS) is 11.1. The van der Waals surface area contributed by atoms with Crippen molar-refractivity contribution in [1.29, 1.82) is 0 Å². The fraction of sp³-hybridized carbons (Fsp3) is 0.463. The minimum atomic E-state index is -0.743. The maximum Gasteiger partial charge on any atom is 0.343 e. The lowest BCUT2D eigenvalue weighted by molar-refractivity contribution is -0.385. The van der Waals surface area contributed by atoms with Crippen molar-refractivity contribution < 1.29 is 28.7 Å². The molecule has 0 spiro atoms. The number of hydrogen-bond acceptors (Lipinski definition) is 7. The number of nitrogens with zero attached hydrogens (tertiary/aromatic N) is 1. The molecule has 0 atom stereocenters. The molecule has 0 aliphatic heterocycles. The van der Waals surface area contributed by atoms with Gasteiger partial charge in [0.25, 0.3) is 0 Å². The van der Waals surface area contributed by atoms with E-state index in [0.717, 1.165) is 49.5 Å². The number of esters is 1. The minimum Gasteiger partial charge on any atom is -0.494 e. The van der Waals surface area contributed by atoms with E-state index in [1.54, 1.807) is 30.3 Å². The van der Waals surface area contributed by atoms with Gasteiger partial charge in [-0.25, -0.2) is 4.79 Å². The summed E-state index contributed by atoms with van der Waals surface area (Å²) < 4.78 is 16.9. The van der Waals surface area contributed by atoms with E-state index >= 15 is 0 Å². The lowest BCUT2D eigenvalue weighted by Crippen LogP contribution is -2.10. The van der Waals surface area contributed by atoms with Crippen LogP contribution in [0.5, 0.6) is 17.2 Å². The van der Waals surface area contributed by atoms with Crippen LogP contribution in [-0.4, -0.2) is 29.9 Å². The maximum atomic E-state index is 12.8. The molecule has 0 fully saturated rings. The second-order valence-corrected chi connectivity index (χ2v) is 12.4. The van der Waals surface area contributed by atoms with E-state index in [1.807, 2.05) is 24.3 Å². The number of ether oxygens (including phenoxy) is 3. The molecule has 0 aromatic heterocycles. The fourth-order valence-corrected chi connectivity index (χ4v) is 5.36. The number of ketones is 1. The third-order valence-electron chi connectivity index (χ3n) is 8.32. The Morgan fingerprint density at radius 2 is 1.10 bits per heavy atom. The number of carbonyl (C=O) groups excluding carboxylic acids is 2. The van der Waals surface area contributed by atoms with Gasteiger partial charge in [0.2, 0.25) is 5.75 Å². The van der Waals surface area contributed by atoms with E-state index in [4.69, 9.17) is 14.2 Å². The van der Waals surface area contributed by atoms with E-state index in [-0.39, 0.29) is 16.9 Å². The van der Waals surface area contributed by atoms with Crippen LogP contribution in [0.2, 0.25) is 0 Å². The molecule has 0 heterocycles. The fourth-order valence-electron chi connectivity index (χ4n) is 5.36. The average molecular weight is 672 g/mol. The first kappa shape index (κ1) is 39.0. The highest BCUT2D eigenvalue weighted by Gasteiger charge is 2.21. The van der Waals surface area contributed by atoms with Gasteiger partial charge in [-0.3, -0.25) is 14.9 Å². The van der Waals surface area contributed by atoms with E-state index in [9.17, 15) is 19.7 Å². The topological polar surface area (TPSA) is 105 Å². The number of nitro groups is 1. The first-order valence-corrected chi connectivity index (χ1v) is 18.1. The molecule has 3 aromatic carbocycles. The minimum absolute atomic E-state index is 0.105. The van der Waals surface area contributed by atoms with Gasteiger partial charge in [-0.05, 0) is 73.0 Å². The summed E-state index contributed by atoms with van der Waals surface area (Å²) in [5, 5.41) is 11.8. The Morgan fingerprint density at radius 3 is 1.65 bits per heavy atom. The van der Waals surface area contributed by atoms with Crippen LogP contribution in [0.25, 0.3) is 6.08 Å². The zero-order chi connectivity index (χ0) is 35.1. The van der Waals surface area contributed by atoms with E-state index < -0.39 is 22.4 Å². The molecule has 0 bridgehead atoms. The van der Waals surface area contributed by atoms with Crippen LogP contribution in [0.4, 0.5) is 5.69 Å². The van der Waals surface area contributed by atoms with Crippen LogP contribution < -0.4 is 14.2 Å². The molecule has 8 nitrogen and oxygen atoms in total. The van der Waals surface area contributed by atoms with Crippen molar-refractivity contribution in [2.45, 2.75) is 110 Å². The Morgan fingerprint density at radius 1 is 0.633 bits per heavy atom. The van der Waals surface area contributed by atoms with Gasteiger partial charge in [-0.15, -0.1) is 0 Å². The number of benzene rings is 3. The second kappa shape index (κ2) is 23.0. The van der Waals surface area contributed by atoms with Gasteiger partial charge >= 0.3 is 11.7 Å². The highest BCUT2D eigenvalue weighted by atomic mass is 16.6. The number of carbonyl (C=O) groups is 2. The van der Waals surface area contributed by atoms with Crippen molar-refractivity contribution in [3.8, 4) is 17.2 Å². The summed E-state index contributed by atoms with van der Waals surface area (Å²) in [6.45, 7) is 5.65. The molecule has 0 saturated heterocycles. The van der Waals surface area contributed by atoms with Gasteiger partial charge in [0.15, 0.2) is 5.78 Å². The molecule has 8 heteroatoms. The SMILES string of the molecule is CCCCCCCCCCCCCCOc1ccc(C(=O)Oc2ccc(C(=O)/C=C/c3ccc(OCCCCC)cc3)cc2[N+](=O)[O-])cc1. The number of rotatable bonds is 25. The Hall–Kier alpha value is -4.46. The number of hydrogen-bond donors (Lipinski definition) is 0. The molecule has 0 unspecified atom stereocenters. The highest BCUT2D eigenvalue weighted by Crippen LogP contribution is 2.29. The predicted octanol–water partition coefficient (Wildman–Crippen LogP) is 11.4. The van der Waals surface area contributed by atoms with Gasteiger partial charge < -0.3 is 14.2 Å². The van der Waals surface area contributed by atoms with Crippen LogP contribution in [0.1, 0.15) is 136 Å². The first-order valence-electron chi connectivity index (χ1n) is 18.1. The van der Waals surface area contributed by atoms with E-state index in [2.05, 4.69) is 13.8 Å². The Kier molecular flexibility index (Phi) is 18.3. The Labute approximate surface area is 292 Å². The molecule has 0 N–H and O–H groups in total. The molecule has 0 aliphatic rings. The van der Waals surface area contributed by atoms with Crippen LogP contribution in [0.15, 0.2) is 72.8 Å². The van der Waals surface area contributed by atoms with E-state index in [0.29, 0.717) is 19.0 Å². The summed E-state index contributed by atoms with van der Waals surface area (Å²) in [5.41, 5.74) is 0.648. The van der Waals surface area contributed by atoms with Gasteiger partial charge in [0.1, 0.15) is 11.5 Å². The molecule has 49 heavy (non-hydrogen) atoms. The van der Waals surface area contributed by atoms with Crippen molar-refractivity contribution in [3.05, 3.63) is 99.6 Å². The monoisotopic (exact) mass is 671 g/mol. The Bertz CT molecular complexity index is 1450. The van der Waals surface area contributed by atoms with Crippen LogP contribution in [-0.2, 0) is 0 Å².